The topological polar surface area (TPSA) is 50.8 Å². The molecule has 2 aromatic rings. The third-order valence-electron chi connectivity index (χ3n) is 5.09. The molecule has 6 heteroatoms. The second-order valence-electron chi connectivity index (χ2n) is 7.07. The summed E-state index contributed by atoms with van der Waals surface area (Å²) in [5.41, 5.74) is 1.66. The summed E-state index contributed by atoms with van der Waals surface area (Å²) >= 11 is 6.21. The lowest BCUT2D eigenvalue weighted by molar-refractivity contribution is 0.0922. The molecule has 1 aliphatic rings. The zero-order valence-electron chi connectivity index (χ0n) is 16.9. The third kappa shape index (κ3) is 6.20. The monoisotopic (exact) mass is 416 g/mol. The SMILES string of the molecule is CCOCCOc1ccccc1C(=O)NCC(c1cccc(Cl)c1)N1CCCC1. The lowest BCUT2D eigenvalue weighted by Crippen LogP contribution is -2.37. The first kappa shape index (κ1) is 21.6. The molecule has 1 N–H and O–H groups in total. The number of carbonyl (C=O) groups excluding carboxylic acids is 1. The number of para-hydroxylation sites is 1. The van der Waals surface area contributed by atoms with E-state index in [2.05, 4.69) is 16.3 Å². The molecule has 0 bridgehead atoms. The fourth-order valence-electron chi connectivity index (χ4n) is 3.64. The molecule has 0 aromatic heterocycles. The highest BCUT2D eigenvalue weighted by Gasteiger charge is 2.24. The van der Waals surface area contributed by atoms with Crippen molar-refractivity contribution in [3.05, 3.63) is 64.7 Å². The van der Waals surface area contributed by atoms with Crippen LogP contribution in [0.4, 0.5) is 0 Å². The quantitative estimate of drug-likeness (QED) is 0.586. The van der Waals surface area contributed by atoms with Crippen LogP contribution in [0.15, 0.2) is 48.5 Å². The normalized spacial score (nSPS) is 15.2. The van der Waals surface area contributed by atoms with Crippen molar-refractivity contribution in [3.8, 4) is 5.75 Å². The van der Waals surface area contributed by atoms with Crippen LogP contribution in [0, 0.1) is 0 Å². The molecule has 156 valence electrons. The molecule has 0 aliphatic carbocycles. The van der Waals surface area contributed by atoms with Gasteiger partial charge in [-0.25, -0.2) is 0 Å². The Balaban J connectivity index is 1.67. The minimum Gasteiger partial charge on any atom is -0.490 e. The maximum Gasteiger partial charge on any atom is 0.255 e. The molecule has 0 spiro atoms. The average molecular weight is 417 g/mol. The van der Waals surface area contributed by atoms with E-state index >= 15 is 0 Å². The van der Waals surface area contributed by atoms with Gasteiger partial charge in [0.05, 0.1) is 18.2 Å². The molecule has 0 saturated carbocycles. The van der Waals surface area contributed by atoms with Gasteiger partial charge in [0.25, 0.3) is 5.91 Å². The van der Waals surface area contributed by atoms with Gasteiger partial charge in [-0.05, 0) is 62.7 Å². The third-order valence-corrected chi connectivity index (χ3v) is 5.33. The van der Waals surface area contributed by atoms with Crippen LogP contribution in [0.5, 0.6) is 5.75 Å². The fraction of sp³-hybridized carbons (Fsp3) is 0.435. The van der Waals surface area contributed by atoms with Crippen LogP contribution in [0.1, 0.15) is 41.7 Å². The maximum absolute atomic E-state index is 12.9. The minimum absolute atomic E-state index is 0.103. The number of amides is 1. The van der Waals surface area contributed by atoms with Crippen molar-refractivity contribution in [1.82, 2.24) is 10.2 Å². The van der Waals surface area contributed by atoms with Crippen molar-refractivity contribution in [3.63, 3.8) is 0 Å². The Hall–Kier alpha value is -2.08. The molecular weight excluding hydrogens is 388 g/mol. The highest BCUT2D eigenvalue weighted by atomic mass is 35.5. The summed E-state index contributed by atoms with van der Waals surface area (Å²) in [7, 11) is 0. The summed E-state index contributed by atoms with van der Waals surface area (Å²) in [6.45, 7) is 6.08. The molecule has 1 unspecified atom stereocenters. The lowest BCUT2D eigenvalue weighted by Gasteiger charge is -2.28. The Morgan fingerprint density at radius 3 is 2.69 bits per heavy atom. The van der Waals surface area contributed by atoms with Crippen molar-refractivity contribution in [2.75, 3.05) is 39.5 Å². The fourth-order valence-corrected chi connectivity index (χ4v) is 3.84. The summed E-state index contributed by atoms with van der Waals surface area (Å²) in [6.07, 6.45) is 2.36. The van der Waals surface area contributed by atoms with Gasteiger partial charge in [-0.1, -0.05) is 35.9 Å². The molecule has 5 nitrogen and oxygen atoms in total. The lowest BCUT2D eigenvalue weighted by atomic mass is 10.1. The number of rotatable bonds is 10. The van der Waals surface area contributed by atoms with E-state index < -0.39 is 0 Å². The van der Waals surface area contributed by atoms with Crippen LogP contribution >= 0.6 is 11.6 Å². The van der Waals surface area contributed by atoms with E-state index in [0.717, 1.165) is 18.7 Å². The molecule has 1 fully saturated rings. The molecule has 0 radical (unpaired) electrons. The van der Waals surface area contributed by atoms with Gasteiger partial charge in [-0.2, -0.15) is 0 Å². The zero-order valence-corrected chi connectivity index (χ0v) is 17.7. The zero-order chi connectivity index (χ0) is 20.5. The first-order chi connectivity index (χ1) is 14.2. The number of carbonyl (C=O) groups is 1. The van der Waals surface area contributed by atoms with Crippen LogP contribution in [-0.4, -0.2) is 50.3 Å². The molecule has 1 aliphatic heterocycles. The average Bonchev–Trinajstić information content (AvgIpc) is 3.26. The molecule has 2 aromatic carbocycles. The van der Waals surface area contributed by atoms with Crippen molar-refractivity contribution < 1.29 is 14.3 Å². The molecule has 1 heterocycles. The number of hydrogen-bond donors (Lipinski definition) is 1. The van der Waals surface area contributed by atoms with Gasteiger partial charge in [-0.15, -0.1) is 0 Å². The summed E-state index contributed by atoms with van der Waals surface area (Å²) in [5, 5.41) is 3.81. The number of likely N-dealkylation sites (tertiary alicyclic amines) is 1. The van der Waals surface area contributed by atoms with Crippen LogP contribution in [0.25, 0.3) is 0 Å². The minimum atomic E-state index is -0.136. The number of nitrogens with one attached hydrogen (secondary N) is 1. The molecule has 1 amide bonds. The van der Waals surface area contributed by atoms with E-state index in [9.17, 15) is 4.79 Å². The van der Waals surface area contributed by atoms with E-state index in [1.54, 1.807) is 6.07 Å². The first-order valence-corrected chi connectivity index (χ1v) is 10.6. The Morgan fingerprint density at radius 2 is 1.93 bits per heavy atom. The predicted octanol–water partition coefficient (Wildman–Crippen LogP) is 4.32. The Morgan fingerprint density at radius 1 is 1.14 bits per heavy atom. The van der Waals surface area contributed by atoms with Crippen molar-refractivity contribution in [1.29, 1.82) is 0 Å². The predicted molar refractivity (Wildman–Crippen MR) is 116 cm³/mol. The second kappa shape index (κ2) is 11.2. The number of hydrogen-bond acceptors (Lipinski definition) is 4. The molecule has 1 atom stereocenters. The summed E-state index contributed by atoms with van der Waals surface area (Å²) in [4.78, 5) is 15.3. The molecule has 3 rings (SSSR count). The molecule has 1 saturated heterocycles. The van der Waals surface area contributed by atoms with Gasteiger partial charge in [-0.3, -0.25) is 9.69 Å². The number of benzene rings is 2. The van der Waals surface area contributed by atoms with Gasteiger partial charge >= 0.3 is 0 Å². The first-order valence-electron chi connectivity index (χ1n) is 10.3. The smallest absolute Gasteiger partial charge is 0.255 e. The number of ether oxygens (including phenoxy) is 2. The van der Waals surface area contributed by atoms with Crippen LogP contribution in [-0.2, 0) is 4.74 Å². The molecular formula is C23H29ClN2O3. The van der Waals surface area contributed by atoms with E-state index in [1.807, 2.05) is 43.3 Å². The summed E-state index contributed by atoms with van der Waals surface area (Å²) in [5.74, 6) is 0.438. The largest absolute Gasteiger partial charge is 0.490 e. The van der Waals surface area contributed by atoms with Gasteiger partial charge in [0.15, 0.2) is 0 Å². The second-order valence-corrected chi connectivity index (χ2v) is 7.50. The number of nitrogens with zero attached hydrogens (tertiary/aromatic N) is 1. The van der Waals surface area contributed by atoms with Crippen molar-refractivity contribution >= 4 is 17.5 Å². The van der Waals surface area contributed by atoms with Gasteiger partial charge in [0.2, 0.25) is 0 Å². The Bertz CT molecular complexity index is 793. The van der Waals surface area contributed by atoms with E-state index in [-0.39, 0.29) is 11.9 Å². The van der Waals surface area contributed by atoms with E-state index in [1.165, 1.54) is 12.8 Å². The Labute approximate surface area is 177 Å². The Kier molecular flexibility index (Phi) is 8.35. The van der Waals surface area contributed by atoms with Crippen LogP contribution < -0.4 is 10.1 Å². The molecule has 29 heavy (non-hydrogen) atoms. The van der Waals surface area contributed by atoms with E-state index in [4.69, 9.17) is 21.1 Å². The van der Waals surface area contributed by atoms with Crippen LogP contribution in [0.3, 0.4) is 0 Å². The van der Waals surface area contributed by atoms with Gasteiger partial charge < -0.3 is 14.8 Å². The summed E-state index contributed by atoms with van der Waals surface area (Å²) in [6, 6.07) is 15.3. The maximum atomic E-state index is 12.9. The van der Waals surface area contributed by atoms with Gasteiger partial charge in [0.1, 0.15) is 12.4 Å². The van der Waals surface area contributed by atoms with Crippen molar-refractivity contribution in [2.24, 2.45) is 0 Å². The number of halogens is 1. The summed E-state index contributed by atoms with van der Waals surface area (Å²) < 4.78 is 11.1. The van der Waals surface area contributed by atoms with Gasteiger partial charge in [0, 0.05) is 18.2 Å². The highest BCUT2D eigenvalue weighted by Crippen LogP contribution is 2.27. The van der Waals surface area contributed by atoms with Crippen molar-refractivity contribution in [2.45, 2.75) is 25.8 Å². The standard InChI is InChI=1S/C23H29ClN2O3/c1-2-28-14-15-29-22-11-4-3-10-20(22)23(27)25-17-21(26-12-5-6-13-26)18-8-7-9-19(24)16-18/h3-4,7-11,16,21H,2,5-6,12-15,17H2,1H3,(H,25,27). The highest BCUT2D eigenvalue weighted by molar-refractivity contribution is 6.30. The van der Waals surface area contributed by atoms with Crippen LogP contribution in [0.2, 0.25) is 5.02 Å². The van der Waals surface area contributed by atoms with E-state index in [0.29, 0.717) is 42.7 Å².